The van der Waals surface area contributed by atoms with Crippen molar-refractivity contribution in [3.63, 3.8) is 0 Å². The van der Waals surface area contributed by atoms with Gasteiger partial charge < -0.3 is 11.1 Å². The minimum atomic E-state index is 0.132. The first-order chi connectivity index (χ1) is 8.66. The van der Waals surface area contributed by atoms with Gasteiger partial charge in [-0.1, -0.05) is 50.6 Å². The SMILES string of the molecule is CC1CCC(C)C(CN)(NCc2ccccc2)C1. The highest BCUT2D eigenvalue weighted by molar-refractivity contribution is 5.15. The molecule has 3 N–H and O–H groups in total. The normalized spacial score (nSPS) is 32.4. The summed E-state index contributed by atoms with van der Waals surface area (Å²) in [6, 6.07) is 10.6. The van der Waals surface area contributed by atoms with E-state index >= 15 is 0 Å². The molecule has 1 saturated carbocycles. The van der Waals surface area contributed by atoms with E-state index < -0.39 is 0 Å². The lowest BCUT2D eigenvalue weighted by molar-refractivity contribution is 0.124. The lowest BCUT2D eigenvalue weighted by atomic mass is 9.69. The smallest absolute Gasteiger partial charge is 0.0335 e. The highest BCUT2D eigenvalue weighted by atomic mass is 15.0. The maximum Gasteiger partial charge on any atom is 0.0335 e. The largest absolute Gasteiger partial charge is 0.329 e. The predicted octanol–water partition coefficient (Wildman–Crippen LogP) is 2.93. The summed E-state index contributed by atoms with van der Waals surface area (Å²) in [5, 5.41) is 3.76. The summed E-state index contributed by atoms with van der Waals surface area (Å²) in [6.45, 7) is 6.36. The zero-order chi connectivity index (χ0) is 13.0. The topological polar surface area (TPSA) is 38.0 Å². The number of nitrogens with one attached hydrogen (secondary N) is 1. The molecular weight excluding hydrogens is 220 g/mol. The van der Waals surface area contributed by atoms with Gasteiger partial charge in [-0.25, -0.2) is 0 Å². The van der Waals surface area contributed by atoms with Gasteiger partial charge in [0.05, 0.1) is 0 Å². The van der Waals surface area contributed by atoms with Crippen LogP contribution in [0.2, 0.25) is 0 Å². The lowest BCUT2D eigenvalue weighted by Crippen LogP contribution is -2.58. The summed E-state index contributed by atoms with van der Waals surface area (Å²) in [6.07, 6.45) is 3.84. The molecule has 0 aliphatic heterocycles. The van der Waals surface area contributed by atoms with Gasteiger partial charge in [0.1, 0.15) is 0 Å². The molecule has 0 spiro atoms. The van der Waals surface area contributed by atoms with Crippen LogP contribution in [0.25, 0.3) is 0 Å². The van der Waals surface area contributed by atoms with Crippen molar-refractivity contribution in [3.05, 3.63) is 35.9 Å². The third kappa shape index (κ3) is 2.93. The molecule has 0 bridgehead atoms. The van der Waals surface area contributed by atoms with Gasteiger partial charge >= 0.3 is 0 Å². The molecule has 0 radical (unpaired) electrons. The van der Waals surface area contributed by atoms with Crippen LogP contribution in [0.1, 0.15) is 38.7 Å². The second kappa shape index (κ2) is 5.85. The Kier molecular flexibility index (Phi) is 4.41. The van der Waals surface area contributed by atoms with Gasteiger partial charge in [-0.05, 0) is 30.2 Å². The first-order valence-electron chi connectivity index (χ1n) is 7.15. The van der Waals surface area contributed by atoms with E-state index in [4.69, 9.17) is 5.73 Å². The van der Waals surface area contributed by atoms with E-state index in [2.05, 4.69) is 49.5 Å². The Bertz CT molecular complexity index is 363. The molecule has 1 aromatic carbocycles. The van der Waals surface area contributed by atoms with Crippen molar-refractivity contribution in [1.29, 1.82) is 0 Å². The second-order valence-corrected chi connectivity index (χ2v) is 5.99. The summed E-state index contributed by atoms with van der Waals surface area (Å²) >= 11 is 0. The molecule has 0 aromatic heterocycles. The predicted molar refractivity (Wildman–Crippen MR) is 77.2 cm³/mol. The molecule has 0 amide bonds. The molecule has 1 aliphatic carbocycles. The quantitative estimate of drug-likeness (QED) is 0.857. The van der Waals surface area contributed by atoms with Crippen molar-refractivity contribution in [3.8, 4) is 0 Å². The maximum atomic E-state index is 6.09. The third-order valence-corrected chi connectivity index (χ3v) is 4.60. The molecule has 0 saturated heterocycles. The Balaban J connectivity index is 2.03. The Morgan fingerprint density at radius 1 is 1.22 bits per heavy atom. The minimum Gasteiger partial charge on any atom is -0.329 e. The van der Waals surface area contributed by atoms with Crippen LogP contribution in [0.5, 0.6) is 0 Å². The van der Waals surface area contributed by atoms with E-state index in [9.17, 15) is 0 Å². The summed E-state index contributed by atoms with van der Waals surface area (Å²) in [7, 11) is 0. The van der Waals surface area contributed by atoms with Crippen molar-refractivity contribution in [1.82, 2.24) is 5.32 Å². The molecular formula is C16H26N2. The zero-order valence-corrected chi connectivity index (χ0v) is 11.7. The van der Waals surface area contributed by atoms with E-state index in [0.29, 0.717) is 5.92 Å². The average molecular weight is 246 g/mol. The molecule has 1 aliphatic rings. The van der Waals surface area contributed by atoms with Gasteiger partial charge in [-0.2, -0.15) is 0 Å². The van der Waals surface area contributed by atoms with Crippen LogP contribution < -0.4 is 11.1 Å². The van der Waals surface area contributed by atoms with Crippen LogP contribution in [0.15, 0.2) is 30.3 Å². The van der Waals surface area contributed by atoms with Crippen molar-refractivity contribution in [2.75, 3.05) is 6.54 Å². The van der Waals surface area contributed by atoms with Gasteiger partial charge in [0, 0.05) is 18.6 Å². The highest BCUT2D eigenvalue weighted by Gasteiger charge is 2.38. The fourth-order valence-corrected chi connectivity index (χ4v) is 3.21. The molecule has 3 atom stereocenters. The monoisotopic (exact) mass is 246 g/mol. The van der Waals surface area contributed by atoms with Crippen LogP contribution in [0.3, 0.4) is 0 Å². The van der Waals surface area contributed by atoms with Crippen molar-refractivity contribution >= 4 is 0 Å². The summed E-state index contributed by atoms with van der Waals surface area (Å²) in [5.74, 6) is 1.45. The number of hydrogen-bond acceptors (Lipinski definition) is 2. The standard InChI is InChI=1S/C16H26N2/c1-13-8-9-14(2)16(10-13,12-17)18-11-15-6-4-3-5-7-15/h3-7,13-14,18H,8-12,17H2,1-2H3. The van der Waals surface area contributed by atoms with E-state index in [1.54, 1.807) is 0 Å². The fourth-order valence-electron chi connectivity index (χ4n) is 3.21. The van der Waals surface area contributed by atoms with Crippen molar-refractivity contribution < 1.29 is 0 Å². The van der Waals surface area contributed by atoms with Gasteiger partial charge in [-0.3, -0.25) is 0 Å². The van der Waals surface area contributed by atoms with Crippen LogP contribution >= 0.6 is 0 Å². The molecule has 2 heteroatoms. The van der Waals surface area contributed by atoms with Gasteiger partial charge in [0.2, 0.25) is 0 Å². The van der Waals surface area contributed by atoms with E-state index in [1.807, 2.05) is 0 Å². The second-order valence-electron chi connectivity index (χ2n) is 5.99. The van der Waals surface area contributed by atoms with Gasteiger partial charge in [-0.15, -0.1) is 0 Å². The number of rotatable bonds is 4. The Morgan fingerprint density at radius 3 is 2.61 bits per heavy atom. The van der Waals surface area contributed by atoms with Crippen LogP contribution in [0, 0.1) is 11.8 Å². The van der Waals surface area contributed by atoms with Crippen LogP contribution in [0.4, 0.5) is 0 Å². The summed E-state index contributed by atoms with van der Waals surface area (Å²) in [4.78, 5) is 0. The number of hydrogen-bond donors (Lipinski definition) is 2. The van der Waals surface area contributed by atoms with E-state index in [1.165, 1.54) is 24.8 Å². The zero-order valence-electron chi connectivity index (χ0n) is 11.7. The van der Waals surface area contributed by atoms with Gasteiger partial charge in [0.15, 0.2) is 0 Å². The fraction of sp³-hybridized carbons (Fsp3) is 0.625. The Hall–Kier alpha value is -0.860. The Labute approximate surface area is 111 Å². The average Bonchev–Trinajstić information content (AvgIpc) is 2.41. The number of nitrogens with two attached hydrogens (primary N) is 1. The lowest BCUT2D eigenvalue weighted by Gasteiger charge is -2.45. The molecule has 100 valence electrons. The van der Waals surface area contributed by atoms with E-state index in [0.717, 1.165) is 19.0 Å². The molecule has 2 rings (SSSR count). The molecule has 18 heavy (non-hydrogen) atoms. The van der Waals surface area contributed by atoms with Gasteiger partial charge in [0.25, 0.3) is 0 Å². The first kappa shape index (κ1) is 13.6. The maximum absolute atomic E-state index is 6.09. The van der Waals surface area contributed by atoms with Crippen molar-refractivity contribution in [2.24, 2.45) is 17.6 Å². The van der Waals surface area contributed by atoms with Crippen molar-refractivity contribution in [2.45, 2.75) is 45.2 Å². The molecule has 1 fully saturated rings. The molecule has 1 aromatic rings. The molecule has 3 unspecified atom stereocenters. The summed E-state index contributed by atoms with van der Waals surface area (Å²) in [5.41, 5.74) is 7.57. The molecule has 0 heterocycles. The minimum absolute atomic E-state index is 0.132. The summed E-state index contributed by atoms with van der Waals surface area (Å²) < 4.78 is 0. The Morgan fingerprint density at radius 2 is 1.94 bits per heavy atom. The van der Waals surface area contributed by atoms with Crippen LogP contribution in [-0.2, 0) is 6.54 Å². The highest BCUT2D eigenvalue weighted by Crippen LogP contribution is 2.36. The number of benzene rings is 1. The van der Waals surface area contributed by atoms with E-state index in [-0.39, 0.29) is 5.54 Å². The third-order valence-electron chi connectivity index (χ3n) is 4.60. The molecule has 2 nitrogen and oxygen atoms in total. The first-order valence-corrected chi connectivity index (χ1v) is 7.15. The van der Waals surface area contributed by atoms with Crippen LogP contribution in [-0.4, -0.2) is 12.1 Å².